The van der Waals surface area contributed by atoms with Crippen LogP contribution in [-0.4, -0.2) is 55.5 Å². The first-order valence-corrected chi connectivity index (χ1v) is 6.80. The quantitative estimate of drug-likeness (QED) is 0.752. The van der Waals surface area contributed by atoms with Crippen LogP contribution in [0.2, 0.25) is 0 Å². The van der Waals surface area contributed by atoms with Crippen LogP contribution >= 0.6 is 0 Å². The van der Waals surface area contributed by atoms with E-state index < -0.39 is 0 Å². The Labute approximate surface area is 105 Å². The summed E-state index contributed by atoms with van der Waals surface area (Å²) in [6, 6.07) is 0. The number of hydrogen-bond donors (Lipinski definition) is 1. The standard InChI is InChI=1S/C13H27N3O/c1-12-5-3-9-16(11-12)10-6-13(17)15(2)8-4-7-14/h12H,3-11,14H2,1-2H3. The summed E-state index contributed by atoms with van der Waals surface area (Å²) in [5.41, 5.74) is 5.44. The van der Waals surface area contributed by atoms with Crippen LogP contribution < -0.4 is 5.73 Å². The van der Waals surface area contributed by atoms with E-state index in [0.29, 0.717) is 13.0 Å². The molecule has 1 atom stereocenters. The zero-order valence-corrected chi connectivity index (χ0v) is 11.3. The fourth-order valence-electron chi connectivity index (χ4n) is 2.39. The summed E-state index contributed by atoms with van der Waals surface area (Å²) >= 11 is 0. The second-order valence-electron chi connectivity index (χ2n) is 5.26. The number of hydrogen-bond acceptors (Lipinski definition) is 3. The molecule has 1 fully saturated rings. The van der Waals surface area contributed by atoms with Gasteiger partial charge in [0.15, 0.2) is 0 Å². The van der Waals surface area contributed by atoms with Gasteiger partial charge in [-0.1, -0.05) is 6.92 Å². The molecule has 0 aromatic rings. The number of carbonyl (C=O) groups is 1. The maximum atomic E-state index is 11.8. The number of nitrogens with two attached hydrogens (primary N) is 1. The van der Waals surface area contributed by atoms with E-state index in [1.807, 2.05) is 7.05 Å². The van der Waals surface area contributed by atoms with E-state index in [1.54, 1.807) is 4.90 Å². The Bertz CT molecular complexity index is 233. The largest absolute Gasteiger partial charge is 0.346 e. The van der Waals surface area contributed by atoms with Gasteiger partial charge in [-0.2, -0.15) is 0 Å². The van der Waals surface area contributed by atoms with Crippen molar-refractivity contribution in [3.8, 4) is 0 Å². The molecule has 0 spiro atoms. The van der Waals surface area contributed by atoms with Gasteiger partial charge in [-0.15, -0.1) is 0 Å². The van der Waals surface area contributed by atoms with E-state index in [9.17, 15) is 4.79 Å². The maximum absolute atomic E-state index is 11.8. The van der Waals surface area contributed by atoms with Crippen LogP contribution in [-0.2, 0) is 4.79 Å². The molecular formula is C13H27N3O. The molecule has 1 aliphatic rings. The van der Waals surface area contributed by atoms with Crippen molar-refractivity contribution in [2.45, 2.75) is 32.6 Å². The van der Waals surface area contributed by atoms with Crippen molar-refractivity contribution in [2.75, 3.05) is 39.8 Å². The molecule has 0 aliphatic carbocycles. The predicted molar refractivity (Wildman–Crippen MR) is 70.8 cm³/mol. The molecule has 1 heterocycles. The monoisotopic (exact) mass is 241 g/mol. The number of nitrogens with zero attached hydrogens (tertiary/aromatic N) is 2. The van der Waals surface area contributed by atoms with E-state index in [0.717, 1.165) is 38.5 Å². The van der Waals surface area contributed by atoms with Crippen molar-refractivity contribution in [2.24, 2.45) is 11.7 Å². The predicted octanol–water partition coefficient (Wildman–Crippen LogP) is 0.916. The number of piperidine rings is 1. The highest BCUT2D eigenvalue weighted by atomic mass is 16.2. The summed E-state index contributed by atoms with van der Waals surface area (Å²) in [7, 11) is 1.87. The first-order chi connectivity index (χ1) is 8.13. The minimum Gasteiger partial charge on any atom is -0.346 e. The molecule has 100 valence electrons. The lowest BCUT2D eigenvalue weighted by atomic mass is 10.0. The average Bonchev–Trinajstić information content (AvgIpc) is 2.33. The lowest BCUT2D eigenvalue weighted by molar-refractivity contribution is -0.130. The number of carbonyl (C=O) groups excluding carboxylic acids is 1. The van der Waals surface area contributed by atoms with Gasteiger partial charge in [0, 0.05) is 33.1 Å². The smallest absolute Gasteiger partial charge is 0.223 e. The van der Waals surface area contributed by atoms with Crippen molar-refractivity contribution >= 4 is 5.91 Å². The molecule has 4 nitrogen and oxygen atoms in total. The molecule has 0 radical (unpaired) electrons. The van der Waals surface area contributed by atoms with Crippen molar-refractivity contribution in [1.82, 2.24) is 9.80 Å². The summed E-state index contributed by atoms with van der Waals surface area (Å²) in [5.74, 6) is 1.03. The minimum absolute atomic E-state index is 0.247. The zero-order chi connectivity index (χ0) is 12.7. The van der Waals surface area contributed by atoms with Crippen molar-refractivity contribution in [1.29, 1.82) is 0 Å². The molecule has 1 rings (SSSR count). The third-order valence-electron chi connectivity index (χ3n) is 3.51. The fourth-order valence-corrected chi connectivity index (χ4v) is 2.39. The summed E-state index contributed by atoms with van der Waals surface area (Å²) in [6.07, 6.45) is 4.15. The van der Waals surface area contributed by atoms with Gasteiger partial charge in [0.1, 0.15) is 0 Å². The normalized spacial score (nSPS) is 21.5. The van der Waals surface area contributed by atoms with Crippen LogP contribution in [0.3, 0.4) is 0 Å². The maximum Gasteiger partial charge on any atom is 0.223 e. The van der Waals surface area contributed by atoms with Crippen molar-refractivity contribution in [3.05, 3.63) is 0 Å². The van der Waals surface area contributed by atoms with Gasteiger partial charge >= 0.3 is 0 Å². The molecule has 0 aromatic heterocycles. The third-order valence-corrected chi connectivity index (χ3v) is 3.51. The number of rotatable bonds is 6. The van der Waals surface area contributed by atoms with Gasteiger partial charge in [-0.05, 0) is 38.3 Å². The summed E-state index contributed by atoms with van der Waals surface area (Å²) in [5, 5.41) is 0. The first-order valence-electron chi connectivity index (χ1n) is 6.80. The number of likely N-dealkylation sites (tertiary alicyclic amines) is 1. The fraction of sp³-hybridized carbons (Fsp3) is 0.923. The van der Waals surface area contributed by atoms with Crippen LogP contribution in [0.1, 0.15) is 32.6 Å². The Kier molecular flexibility index (Phi) is 6.52. The second-order valence-corrected chi connectivity index (χ2v) is 5.26. The average molecular weight is 241 g/mol. The van der Waals surface area contributed by atoms with E-state index >= 15 is 0 Å². The molecule has 1 saturated heterocycles. The molecule has 2 N–H and O–H groups in total. The van der Waals surface area contributed by atoms with Gasteiger partial charge in [0.2, 0.25) is 5.91 Å². The van der Waals surface area contributed by atoms with Gasteiger partial charge in [-0.3, -0.25) is 4.79 Å². The van der Waals surface area contributed by atoms with Crippen LogP contribution in [0, 0.1) is 5.92 Å². The van der Waals surface area contributed by atoms with Gasteiger partial charge in [-0.25, -0.2) is 0 Å². The van der Waals surface area contributed by atoms with E-state index in [1.165, 1.54) is 12.8 Å². The lowest BCUT2D eigenvalue weighted by Crippen LogP contribution is -2.38. The summed E-state index contributed by atoms with van der Waals surface area (Å²) in [6.45, 7) is 6.95. The molecule has 0 bridgehead atoms. The second kappa shape index (κ2) is 7.67. The molecule has 1 unspecified atom stereocenters. The highest BCUT2D eigenvalue weighted by molar-refractivity contribution is 5.76. The topological polar surface area (TPSA) is 49.6 Å². The van der Waals surface area contributed by atoms with Crippen LogP contribution in [0.5, 0.6) is 0 Å². The van der Waals surface area contributed by atoms with E-state index in [-0.39, 0.29) is 5.91 Å². The van der Waals surface area contributed by atoms with Crippen LogP contribution in [0.15, 0.2) is 0 Å². The molecule has 4 heteroatoms. The van der Waals surface area contributed by atoms with E-state index in [4.69, 9.17) is 5.73 Å². The Hall–Kier alpha value is -0.610. The van der Waals surface area contributed by atoms with E-state index in [2.05, 4.69) is 11.8 Å². The minimum atomic E-state index is 0.247. The van der Waals surface area contributed by atoms with Crippen LogP contribution in [0.25, 0.3) is 0 Å². The molecule has 1 amide bonds. The lowest BCUT2D eigenvalue weighted by Gasteiger charge is -2.31. The summed E-state index contributed by atoms with van der Waals surface area (Å²) in [4.78, 5) is 16.1. The third kappa shape index (κ3) is 5.50. The van der Waals surface area contributed by atoms with Crippen molar-refractivity contribution in [3.63, 3.8) is 0 Å². The molecule has 0 saturated carbocycles. The Balaban J connectivity index is 2.18. The molecular weight excluding hydrogens is 214 g/mol. The molecule has 0 aromatic carbocycles. The summed E-state index contributed by atoms with van der Waals surface area (Å²) < 4.78 is 0. The highest BCUT2D eigenvalue weighted by Crippen LogP contribution is 2.15. The molecule has 1 aliphatic heterocycles. The molecule has 17 heavy (non-hydrogen) atoms. The Morgan fingerprint density at radius 1 is 1.53 bits per heavy atom. The Morgan fingerprint density at radius 3 is 2.94 bits per heavy atom. The van der Waals surface area contributed by atoms with Gasteiger partial charge < -0.3 is 15.5 Å². The first kappa shape index (κ1) is 14.5. The van der Waals surface area contributed by atoms with Gasteiger partial charge in [0.25, 0.3) is 0 Å². The van der Waals surface area contributed by atoms with Crippen molar-refractivity contribution < 1.29 is 4.79 Å². The SMILES string of the molecule is CC1CCCN(CCC(=O)N(C)CCCN)C1. The van der Waals surface area contributed by atoms with Crippen LogP contribution in [0.4, 0.5) is 0 Å². The van der Waals surface area contributed by atoms with Gasteiger partial charge in [0.05, 0.1) is 0 Å². The Morgan fingerprint density at radius 2 is 2.29 bits per heavy atom. The number of amides is 1. The highest BCUT2D eigenvalue weighted by Gasteiger charge is 2.17. The zero-order valence-electron chi connectivity index (χ0n) is 11.3.